The van der Waals surface area contributed by atoms with Crippen LogP contribution in [-0.2, 0) is 19.1 Å². The number of hydrogen-bond acceptors (Lipinski definition) is 11. The van der Waals surface area contributed by atoms with E-state index < -0.39 is 81.6 Å². The standard InChI is InChI=1S/C27H33N3O9/c1-7-13(32)39-23-15-10(2)14-11(29(3)4)8-9-12(31)16(14)21(33)17(15)24(35)27(38)19(23)20(30(5)6)22(34)18(25(27)36)26(28)37/h8-10,15,19-20,23,31,34-35,38H,7H2,1-6H3,(H2,28,37)/t10-,15-,19+,20-,23-,27-/m1/s1. The molecule has 0 aliphatic heterocycles. The predicted octanol–water partition coefficient (Wildman–Crippen LogP) is 0.679. The van der Waals surface area contributed by atoms with E-state index in [0.29, 0.717) is 11.3 Å². The summed E-state index contributed by atoms with van der Waals surface area (Å²) >= 11 is 0. The maximum absolute atomic E-state index is 14.0. The van der Waals surface area contributed by atoms with Crippen LogP contribution in [-0.4, -0.2) is 94.7 Å². The molecule has 3 aliphatic carbocycles. The van der Waals surface area contributed by atoms with Crippen LogP contribution in [0.25, 0.3) is 0 Å². The number of nitrogens with two attached hydrogens (primary N) is 1. The molecule has 3 aliphatic rings. The van der Waals surface area contributed by atoms with E-state index in [1.807, 2.05) is 0 Å². The molecule has 12 nitrogen and oxygen atoms in total. The van der Waals surface area contributed by atoms with Crippen LogP contribution in [0.2, 0.25) is 0 Å². The maximum atomic E-state index is 14.0. The summed E-state index contributed by atoms with van der Waals surface area (Å²) in [5, 5.41) is 45.4. The lowest BCUT2D eigenvalue weighted by Gasteiger charge is -2.54. The Morgan fingerprint density at radius 3 is 2.23 bits per heavy atom. The molecule has 0 saturated carbocycles. The molecule has 1 aromatic carbocycles. The minimum absolute atomic E-state index is 0.0863. The Morgan fingerprint density at radius 2 is 1.72 bits per heavy atom. The van der Waals surface area contributed by atoms with E-state index in [0.717, 1.165) is 0 Å². The third kappa shape index (κ3) is 3.73. The van der Waals surface area contributed by atoms with Crippen molar-refractivity contribution in [2.45, 2.75) is 43.9 Å². The number of aliphatic hydroxyl groups excluding tert-OH is 2. The first-order valence-electron chi connectivity index (χ1n) is 12.5. The molecule has 0 saturated heterocycles. The number of carbonyl (C=O) groups excluding carboxylic acids is 4. The van der Waals surface area contributed by atoms with Gasteiger partial charge in [-0.1, -0.05) is 13.8 Å². The molecule has 0 radical (unpaired) electrons. The molecule has 12 heteroatoms. The molecule has 6 N–H and O–H groups in total. The van der Waals surface area contributed by atoms with Crippen LogP contribution >= 0.6 is 0 Å². The number of anilines is 1. The van der Waals surface area contributed by atoms with Crippen molar-refractivity contribution in [3.63, 3.8) is 0 Å². The third-order valence-electron chi connectivity index (χ3n) is 8.10. The summed E-state index contributed by atoms with van der Waals surface area (Å²) in [5.41, 5.74) is 1.95. The number of likely N-dealkylation sites (N-methyl/N-ethyl adjacent to an activating group) is 1. The number of nitrogens with zero attached hydrogens (tertiary/aromatic N) is 2. The van der Waals surface area contributed by atoms with Crippen molar-refractivity contribution < 1.29 is 44.3 Å². The van der Waals surface area contributed by atoms with Gasteiger partial charge in [-0.2, -0.15) is 0 Å². The van der Waals surface area contributed by atoms with Crippen LogP contribution in [0.3, 0.4) is 0 Å². The highest BCUT2D eigenvalue weighted by atomic mass is 16.5. The molecule has 0 unspecified atom stereocenters. The number of hydrogen-bond donors (Lipinski definition) is 5. The molecule has 210 valence electrons. The van der Waals surface area contributed by atoms with Gasteiger partial charge in [0.25, 0.3) is 5.91 Å². The van der Waals surface area contributed by atoms with Gasteiger partial charge in [0.1, 0.15) is 28.9 Å². The topological polar surface area (TPSA) is 191 Å². The molecule has 0 bridgehead atoms. The van der Waals surface area contributed by atoms with Gasteiger partial charge in [-0.05, 0) is 37.7 Å². The first kappa shape index (κ1) is 28.1. The highest BCUT2D eigenvalue weighted by Gasteiger charge is 2.68. The summed E-state index contributed by atoms with van der Waals surface area (Å²) in [6.45, 7) is 3.25. The van der Waals surface area contributed by atoms with Gasteiger partial charge in [-0.25, -0.2) is 0 Å². The lowest BCUT2D eigenvalue weighted by atomic mass is 9.55. The summed E-state index contributed by atoms with van der Waals surface area (Å²) < 4.78 is 5.83. The second kappa shape index (κ2) is 9.38. The highest BCUT2D eigenvalue weighted by molar-refractivity contribution is 6.25. The number of ether oxygens (including phenoxy) is 1. The summed E-state index contributed by atoms with van der Waals surface area (Å²) in [7, 11) is 6.49. The van der Waals surface area contributed by atoms with Gasteiger partial charge in [0.05, 0.1) is 17.5 Å². The number of esters is 1. The summed E-state index contributed by atoms with van der Waals surface area (Å²) in [6.07, 6.45) is -1.51. The second-order valence-corrected chi connectivity index (χ2v) is 10.7. The Bertz CT molecular complexity index is 1360. The molecule has 0 heterocycles. The number of carbonyl (C=O) groups is 4. The monoisotopic (exact) mass is 543 g/mol. The van der Waals surface area contributed by atoms with Crippen LogP contribution in [0.5, 0.6) is 5.75 Å². The van der Waals surface area contributed by atoms with E-state index in [-0.39, 0.29) is 17.7 Å². The number of ketones is 2. The van der Waals surface area contributed by atoms with E-state index in [1.165, 1.54) is 32.0 Å². The minimum atomic E-state index is -2.96. The minimum Gasteiger partial charge on any atom is -0.510 e. The fourth-order valence-electron chi connectivity index (χ4n) is 6.42. The number of aromatic hydroxyl groups is 1. The first-order valence-corrected chi connectivity index (χ1v) is 12.5. The zero-order valence-corrected chi connectivity index (χ0v) is 22.6. The quantitative estimate of drug-likeness (QED) is 0.259. The number of benzene rings is 1. The number of phenols is 1. The number of primary amides is 1. The Hall–Kier alpha value is -3.90. The largest absolute Gasteiger partial charge is 0.510 e. The molecular formula is C27H33N3O9. The van der Waals surface area contributed by atoms with Crippen molar-refractivity contribution in [1.82, 2.24) is 4.90 Å². The van der Waals surface area contributed by atoms with Crippen molar-refractivity contribution in [2.24, 2.45) is 17.6 Å². The van der Waals surface area contributed by atoms with E-state index >= 15 is 0 Å². The Kier molecular flexibility index (Phi) is 6.76. The number of aliphatic hydroxyl groups is 3. The number of amides is 1. The lowest BCUT2D eigenvalue weighted by molar-refractivity contribution is -0.180. The Morgan fingerprint density at radius 1 is 1.10 bits per heavy atom. The average Bonchev–Trinajstić information content (AvgIpc) is 2.84. The van der Waals surface area contributed by atoms with E-state index in [2.05, 4.69) is 0 Å². The van der Waals surface area contributed by atoms with Crippen molar-refractivity contribution in [1.29, 1.82) is 0 Å². The maximum Gasteiger partial charge on any atom is 0.305 e. The smallest absolute Gasteiger partial charge is 0.305 e. The van der Waals surface area contributed by atoms with Gasteiger partial charge in [-0.3, -0.25) is 24.1 Å². The molecule has 1 aromatic rings. The number of fused-ring (bicyclic) bond motifs is 3. The molecular weight excluding hydrogens is 510 g/mol. The Labute approximate surface area is 224 Å². The molecule has 0 fully saturated rings. The number of Topliss-reactive ketones (excluding diaryl/α,β-unsaturated/α-hetero) is 2. The van der Waals surface area contributed by atoms with E-state index in [4.69, 9.17) is 10.5 Å². The van der Waals surface area contributed by atoms with Crippen LogP contribution in [0.4, 0.5) is 5.69 Å². The summed E-state index contributed by atoms with van der Waals surface area (Å²) in [4.78, 5) is 55.8. The van der Waals surface area contributed by atoms with E-state index in [9.17, 15) is 39.6 Å². The molecule has 0 aromatic heterocycles. The highest BCUT2D eigenvalue weighted by Crippen LogP contribution is 2.57. The number of phenolic OH excluding ortho intramolecular Hbond substituents is 1. The fraction of sp³-hybridized carbons (Fsp3) is 0.481. The van der Waals surface area contributed by atoms with Gasteiger partial charge in [0, 0.05) is 37.7 Å². The zero-order chi connectivity index (χ0) is 29.3. The fourth-order valence-corrected chi connectivity index (χ4v) is 6.42. The average molecular weight is 544 g/mol. The molecule has 0 spiro atoms. The number of rotatable bonds is 5. The van der Waals surface area contributed by atoms with Gasteiger partial charge in [0.2, 0.25) is 5.78 Å². The lowest BCUT2D eigenvalue weighted by Crippen LogP contribution is -2.69. The van der Waals surface area contributed by atoms with Crippen molar-refractivity contribution in [2.75, 3.05) is 33.1 Å². The van der Waals surface area contributed by atoms with Crippen LogP contribution in [0.15, 0.2) is 34.8 Å². The van der Waals surface area contributed by atoms with Crippen molar-refractivity contribution in [3.05, 3.63) is 45.9 Å². The zero-order valence-electron chi connectivity index (χ0n) is 22.6. The predicted molar refractivity (Wildman–Crippen MR) is 138 cm³/mol. The summed E-state index contributed by atoms with van der Waals surface area (Å²) in [5.74, 6) is -9.84. The Balaban J connectivity index is 2.14. The van der Waals surface area contributed by atoms with Crippen molar-refractivity contribution in [3.8, 4) is 5.75 Å². The van der Waals surface area contributed by atoms with Crippen LogP contribution in [0, 0.1) is 11.8 Å². The van der Waals surface area contributed by atoms with Crippen LogP contribution < -0.4 is 10.6 Å². The molecule has 4 rings (SSSR count). The van der Waals surface area contributed by atoms with Crippen molar-refractivity contribution >= 4 is 29.1 Å². The van der Waals surface area contributed by atoms with Gasteiger partial charge in [-0.15, -0.1) is 0 Å². The second-order valence-electron chi connectivity index (χ2n) is 10.7. The normalized spacial score (nSPS) is 30.1. The van der Waals surface area contributed by atoms with E-state index in [1.54, 1.807) is 32.0 Å². The van der Waals surface area contributed by atoms with Gasteiger partial charge >= 0.3 is 5.97 Å². The third-order valence-corrected chi connectivity index (χ3v) is 8.10. The van der Waals surface area contributed by atoms with Crippen LogP contribution in [0.1, 0.15) is 42.1 Å². The van der Waals surface area contributed by atoms with Gasteiger partial charge in [0.15, 0.2) is 11.4 Å². The first-order chi connectivity index (χ1) is 18.1. The molecule has 39 heavy (non-hydrogen) atoms. The van der Waals surface area contributed by atoms with Gasteiger partial charge < -0.3 is 35.8 Å². The molecule has 6 atom stereocenters. The molecule has 1 amide bonds. The SMILES string of the molecule is CCC(=O)O[C@@H]1[C@H]2C(=C(O)[C@@]3(O)C(=O)C(C(N)=O)=C(O)[C@H](N(C)C)[C@@H]13)C(=O)c1c(O)ccc(N(C)C)c1[C@H]2C. The summed E-state index contributed by atoms with van der Waals surface area (Å²) in [6, 6.07) is 1.62.